The van der Waals surface area contributed by atoms with Gasteiger partial charge < -0.3 is 0 Å². The Morgan fingerprint density at radius 2 is 1.52 bits per heavy atom. The zero-order valence-corrected chi connectivity index (χ0v) is 17.7. The SMILES string of the molecule is CS(=O)(=O)c1ccc(-c2sc(-c3ccccc3Cl)nc2-c2ccc(F)cc2)cc1. The van der Waals surface area contributed by atoms with Crippen LogP contribution in [0.25, 0.3) is 32.3 Å². The summed E-state index contributed by atoms with van der Waals surface area (Å²) in [6, 6.07) is 20.2. The molecule has 4 rings (SSSR count). The number of nitrogens with zero attached hydrogens (tertiary/aromatic N) is 1. The van der Waals surface area contributed by atoms with Crippen molar-refractivity contribution < 1.29 is 12.8 Å². The molecule has 0 aliphatic heterocycles. The van der Waals surface area contributed by atoms with Crippen LogP contribution in [0.2, 0.25) is 5.02 Å². The molecule has 0 N–H and O–H groups in total. The van der Waals surface area contributed by atoms with Crippen molar-refractivity contribution in [3.05, 3.63) is 83.6 Å². The Morgan fingerprint density at radius 3 is 2.14 bits per heavy atom. The van der Waals surface area contributed by atoms with E-state index >= 15 is 0 Å². The number of thiazole rings is 1. The Balaban J connectivity index is 1.89. The fourth-order valence-electron chi connectivity index (χ4n) is 2.92. The highest BCUT2D eigenvalue weighted by atomic mass is 35.5. The van der Waals surface area contributed by atoms with Crippen molar-refractivity contribution in [2.45, 2.75) is 4.90 Å². The highest BCUT2D eigenvalue weighted by Crippen LogP contribution is 2.42. The van der Waals surface area contributed by atoms with Gasteiger partial charge in [0.15, 0.2) is 9.84 Å². The number of halogens is 2. The van der Waals surface area contributed by atoms with E-state index in [-0.39, 0.29) is 10.7 Å². The van der Waals surface area contributed by atoms with Crippen LogP contribution in [0.5, 0.6) is 0 Å². The minimum absolute atomic E-state index is 0.250. The number of aromatic nitrogens is 1. The van der Waals surface area contributed by atoms with Crippen molar-refractivity contribution in [2.75, 3.05) is 6.26 Å². The Labute approximate surface area is 177 Å². The van der Waals surface area contributed by atoms with Crippen LogP contribution in [-0.2, 0) is 9.84 Å². The Kier molecular flexibility index (Phi) is 5.25. The van der Waals surface area contributed by atoms with E-state index in [1.54, 1.807) is 42.5 Å². The second-order valence-corrected chi connectivity index (χ2v) is 9.90. The van der Waals surface area contributed by atoms with Crippen LogP contribution in [0.15, 0.2) is 77.7 Å². The molecule has 1 aromatic heterocycles. The van der Waals surface area contributed by atoms with Gasteiger partial charge in [0.05, 0.1) is 20.5 Å². The summed E-state index contributed by atoms with van der Waals surface area (Å²) >= 11 is 7.81. The molecule has 7 heteroatoms. The maximum Gasteiger partial charge on any atom is 0.175 e. The van der Waals surface area contributed by atoms with Gasteiger partial charge in [0.2, 0.25) is 0 Å². The highest BCUT2D eigenvalue weighted by molar-refractivity contribution is 7.90. The van der Waals surface area contributed by atoms with Crippen molar-refractivity contribution in [2.24, 2.45) is 0 Å². The first-order chi connectivity index (χ1) is 13.8. The Hall–Kier alpha value is -2.54. The third kappa shape index (κ3) is 4.10. The molecule has 29 heavy (non-hydrogen) atoms. The smallest absolute Gasteiger partial charge is 0.175 e. The fourth-order valence-corrected chi connectivity index (χ4v) is 4.97. The maximum atomic E-state index is 13.4. The molecule has 0 saturated heterocycles. The van der Waals surface area contributed by atoms with Crippen LogP contribution in [0.4, 0.5) is 4.39 Å². The molecule has 0 amide bonds. The molecule has 0 bridgehead atoms. The summed E-state index contributed by atoms with van der Waals surface area (Å²) in [5.41, 5.74) is 3.09. The van der Waals surface area contributed by atoms with E-state index in [1.807, 2.05) is 18.2 Å². The van der Waals surface area contributed by atoms with Crippen LogP contribution in [0, 0.1) is 5.82 Å². The number of benzene rings is 3. The molecule has 0 saturated carbocycles. The predicted molar refractivity (Wildman–Crippen MR) is 116 cm³/mol. The lowest BCUT2D eigenvalue weighted by molar-refractivity contribution is 0.602. The van der Waals surface area contributed by atoms with Crippen molar-refractivity contribution in [1.82, 2.24) is 4.98 Å². The third-order valence-electron chi connectivity index (χ3n) is 4.39. The summed E-state index contributed by atoms with van der Waals surface area (Å²) in [4.78, 5) is 5.89. The third-order valence-corrected chi connectivity index (χ3v) is 6.99. The predicted octanol–water partition coefficient (Wildman–Crippen LogP) is 6.34. The molecule has 0 aliphatic carbocycles. The monoisotopic (exact) mass is 443 g/mol. The summed E-state index contributed by atoms with van der Waals surface area (Å²) in [6.45, 7) is 0. The molecule has 0 spiro atoms. The number of hydrogen-bond donors (Lipinski definition) is 0. The summed E-state index contributed by atoms with van der Waals surface area (Å²) in [6.07, 6.45) is 1.17. The lowest BCUT2D eigenvalue weighted by Gasteiger charge is -2.04. The van der Waals surface area contributed by atoms with Gasteiger partial charge in [-0.05, 0) is 48.0 Å². The average Bonchev–Trinajstić information content (AvgIpc) is 3.13. The van der Waals surface area contributed by atoms with E-state index in [1.165, 1.54) is 29.7 Å². The highest BCUT2D eigenvalue weighted by Gasteiger charge is 2.18. The van der Waals surface area contributed by atoms with E-state index in [2.05, 4.69) is 0 Å². The Bertz CT molecular complexity index is 1280. The van der Waals surface area contributed by atoms with Crippen LogP contribution in [0.1, 0.15) is 0 Å². The first kappa shape index (κ1) is 19.8. The summed E-state index contributed by atoms with van der Waals surface area (Å²) in [5.74, 6) is -0.325. The van der Waals surface area contributed by atoms with Crippen LogP contribution in [-0.4, -0.2) is 19.7 Å². The topological polar surface area (TPSA) is 47.0 Å². The largest absolute Gasteiger partial charge is 0.235 e. The van der Waals surface area contributed by atoms with Crippen molar-refractivity contribution in [1.29, 1.82) is 0 Å². The summed E-state index contributed by atoms with van der Waals surface area (Å²) in [5, 5.41) is 1.32. The van der Waals surface area contributed by atoms with Gasteiger partial charge >= 0.3 is 0 Å². The molecule has 3 aromatic carbocycles. The van der Waals surface area contributed by atoms with Gasteiger partial charge in [-0.1, -0.05) is 41.9 Å². The van der Waals surface area contributed by atoms with Gasteiger partial charge in [-0.25, -0.2) is 17.8 Å². The van der Waals surface area contributed by atoms with E-state index in [0.717, 1.165) is 26.6 Å². The average molecular weight is 444 g/mol. The molecule has 0 atom stereocenters. The second-order valence-electron chi connectivity index (χ2n) is 6.48. The van der Waals surface area contributed by atoms with E-state index in [9.17, 15) is 12.8 Å². The molecule has 146 valence electrons. The van der Waals surface area contributed by atoms with Gasteiger partial charge in [-0.15, -0.1) is 11.3 Å². The van der Waals surface area contributed by atoms with Crippen LogP contribution in [0.3, 0.4) is 0 Å². The lowest BCUT2D eigenvalue weighted by atomic mass is 10.1. The molecule has 3 nitrogen and oxygen atoms in total. The molecule has 4 aromatic rings. The molecule has 1 heterocycles. The second kappa shape index (κ2) is 7.71. The van der Waals surface area contributed by atoms with Crippen LogP contribution >= 0.6 is 22.9 Å². The van der Waals surface area contributed by atoms with Gasteiger partial charge in [-0.3, -0.25) is 0 Å². The minimum Gasteiger partial charge on any atom is -0.235 e. The minimum atomic E-state index is -3.28. The number of sulfone groups is 1. The van der Waals surface area contributed by atoms with Gasteiger partial charge in [0.25, 0.3) is 0 Å². The van der Waals surface area contributed by atoms with Gasteiger partial charge in [0.1, 0.15) is 10.8 Å². The normalized spacial score (nSPS) is 11.6. The van der Waals surface area contributed by atoms with Crippen molar-refractivity contribution in [3.63, 3.8) is 0 Å². The van der Waals surface area contributed by atoms with Crippen molar-refractivity contribution in [3.8, 4) is 32.3 Å². The first-order valence-electron chi connectivity index (χ1n) is 8.65. The summed E-state index contributed by atoms with van der Waals surface area (Å²) < 4.78 is 36.9. The molecular weight excluding hydrogens is 429 g/mol. The first-order valence-corrected chi connectivity index (χ1v) is 11.7. The quantitative estimate of drug-likeness (QED) is 0.369. The zero-order valence-electron chi connectivity index (χ0n) is 15.3. The Morgan fingerprint density at radius 1 is 0.897 bits per heavy atom. The number of hydrogen-bond acceptors (Lipinski definition) is 4. The molecule has 0 radical (unpaired) electrons. The summed E-state index contributed by atoms with van der Waals surface area (Å²) in [7, 11) is -3.28. The van der Waals surface area contributed by atoms with E-state index in [4.69, 9.17) is 16.6 Å². The van der Waals surface area contributed by atoms with Gasteiger partial charge in [-0.2, -0.15) is 0 Å². The standard InChI is InChI=1S/C22H15ClFNO2S2/c1-29(26,27)17-12-8-15(9-13-17)21-20(14-6-10-16(24)11-7-14)25-22(28-21)18-4-2-3-5-19(18)23/h2-13H,1H3. The van der Waals surface area contributed by atoms with Crippen LogP contribution < -0.4 is 0 Å². The number of rotatable bonds is 4. The molecule has 0 unspecified atom stereocenters. The zero-order chi connectivity index (χ0) is 20.6. The fraction of sp³-hybridized carbons (Fsp3) is 0.0455. The maximum absolute atomic E-state index is 13.4. The molecular formula is C22H15ClFNO2S2. The van der Waals surface area contributed by atoms with Gasteiger partial charge in [0, 0.05) is 17.4 Å². The van der Waals surface area contributed by atoms with E-state index in [0.29, 0.717) is 10.7 Å². The molecule has 0 fully saturated rings. The molecule has 0 aliphatic rings. The van der Waals surface area contributed by atoms with E-state index < -0.39 is 9.84 Å². The lowest BCUT2D eigenvalue weighted by Crippen LogP contribution is -1.96. The van der Waals surface area contributed by atoms with Crippen molar-refractivity contribution >= 4 is 32.8 Å².